The van der Waals surface area contributed by atoms with E-state index in [0.29, 0.717) is 12.0 Å². The van der Waals surface area contributed by atoms with Gasteiger partial charge in [-0.2, -0.15) is 0 Å². The molecule has 1 aliphatic rings. The van der Waals surface area contributed by atoms with E-state index < -0.39 is 0 Å². The molecule has 2 nitrogen and oxygen atoms in total. The van der Waals surface area contributed by atoms with E-state index in [1.54, 1.807) is 0 Å². The molecule has 2 rings (SSSR count). The molecule has 0 amide bonds. The van der Waals surface area contributed by atoms with E-state index in [4.69, 9.17) is 0 Å². The molecule has 0 aliphatic carbocycles. The first-order valence-electron chi connectivity index (χ1n) is 5.05. The summed E-state index contributed by atoms with van der Waals surface area (Å²) in [6.45, 7) is 4.43. The Hall–Kier alpha value is -1.28. The van der Waals surface area contributed by atoms with Gasteiger partial charge in [0.25, 0.3) is 0 Å². The quantitative estimate of drug-likeness (QED) is 0.745. The normalized spacial score (nSPS) is 20.1. The molecule has 0 radical (unpaired) electrons. The summed E-state index contributed by atoms with van der Waals surface area (Å²) in [6.07, 6.45) is 4.05. The Kier molecular flexibility index (Phi) is 2.55. The molecule has 0 saturated carbocycles. The highest BCUT2D eigenvalue weighted by atomic mass is 15.4. The maximum absolute atomic E-state index is 3.16. The third-order valence-corrected chi connectivity index (χ3v) is 2.57. The maximum atomic E-state index is 3.16. The van der Waals surface area contributed by atoms with Crippen LogP contribution in [0.4, 0.5) is 0 Å². The van der Waals surface area contributed by atoms with E-state index in [2.05, 4.69) is 55.0 Å². The van der Waals surface area contributed by atoms with Crippen molar-refractivity contribution in [3.8, 4) is 0 Å². The Morgan fingerprint density at radius 1 is 1.14 bits per heavy atom. The van der Waals surface area contributed by atoms with E-state index in [-0.39, 0.29) is 0 Å². The summed E-state index contributed by atoms with van der Waals surface area (Å²) in [6, 6.07) is 9.09. The highest BCUT2D eigenvalue weighted by Crippen LogP contribution is 2.20. The molecular weight excluding hydrogens is 172 g/mol. The first-order chi connectivity index (χ1) is 6.77. The van der Waals surface area contributed by atoms with Gasteiger partial charge in [0.1, 0.15) is 0 Å². The molecule has 1 unspecified atom stereocenters. The van der Waals surface area contributed by atoms with E-state index >= 15 is 0 Å². The first kappa shape index (κ1) is 9.28. The number of hydrogen-bond donors (Lipinski definition) is 2. The van der Waals surface area contributed by atoms with Crippen LogP contribution in [-0.2, 0) is 0 Å². The number of rotatable bonds is 2. The van der Waals surface area contributed by atoms with Crippen LogP contribution in [0, 0.1) is 0 Å². The molecule has 1 aliphatic heterocycles. The van der Waals surface area contributed by atoms with Crippen molar-refractivity contribution in [3.63, 3.8) is 0 Å². The minimum absolute atomic E-state index is 0.316. The van der Waals surface area contributed by atoms with Crippen molar-refractivity contribution in [3.05, 3.63) is 47.7 Å². The summed E-state index contributed by atoms with van der Waals surface area (Å²) < 4.78 is 0. The van der Waals surface area contributed by atoms with Gasteiger partial charge < -0.3 is 5.43 Å². The van der Waals surface area contributed by atoms with Gasteiger partial charge in [-0.05, 0) is 23.1 Å². The summed E-state index contributed by atoms with van der Waals surface area (Å²) in [5, 5.41) is 0. The monoisotopic (exact) mass is 188 g/mol. The van der Waals surface area contributed by atoms with Gasteiger partial charge in [0.2, 0.25) is 0 Å². The average Bonchev–Trinajstić information content (AvgIpc) is 2.71. The summed E-state index contributed by atoms with van der Waals surface area (Å²) >= 11 is 0. The fourth-order valence-corrected chi connectivity index (χ4v) is 1.61. The van der Waals surface area contributed by atoms with Crippen LogP contribution in [0.15, 0.2) is 36.5 Å². The van der Waals surface area contributed by atoms with E-state index in [0.717, 1.165) is 0 Å². The molecule has 1 heterocycles. The van der Waals surface area contributed by atoms with Gasteiger partial charge in [-0.25, -0.2) is 5.43 Å². The molecule has 74 valence electrons. The van der Waals surface area contributed by atoms with Crippen LogP contribution in [0.3, 0.4) is 0 Å². The summed E-state index contributed by atoms with van der Waals surface area (Å²) in [5.74, 6) is 0.606. The fraction of sp³-hybridized carbons (Fsp3) is 0.333. The third-order valence-electron chi connectivity index (χ3n) is 2.57. The predicted octanol–water partition coefficient (Wildman–Crippen LogP) is 2.47. The fourth-order valence-electron chi connectivity index (χ4n) is 1.61. The Morgan fingerprint density at radius 3 is 2.36 bits per heavy atom. The lowest BCUT2D eigenvalue weighted by Gasteiger charge is -2.11. The molecule has 0 spiro atoms. The summed E-state index contributed by atoms with van der Waals surface area (Å²) in [4.78, 5) is 0. The molecule has 14 heavy (non-hydrogen) atoms. The van der Waals surface area contributed by atoms with Crippen molar-refractivity contribution in [1.29, 1.82) is 0 Å². The zero-order valence-corrected chi connectivity index (χ0v) is 8.62. The number of hydrazine groups is 1. The zero-order valence-electron chi connectivity index (χ0n) is 8.62. The molecule has 0 bridgehead atoms. The van der Waals surface area contributed by atoms with Crippen molar-refractivity contribution >= 4 is 0 Å². The van der Waals surface area contributed by atoms with Gasteiger partial charge in [0.15, 0.2) is 0 Å². The maximum Gasteiger partial charge on any atom is 0.0707 e. The Morgan fingerprint density at radius 2 is 1.86 bits per heavy atom. The number of benzene rings is 1. The SMILES string of the molecule is CC(C)c1ccc(C2C=CNN2)cc1. The average molecular weight is 188 g/mol. The smallest absolute Gasteiger partial charge is 0.0707 e. The van der Waals surface area contributed by atoms with Gasteiger partial charge in [-0.1, -0.05) is 38.1 Å². The molecule has 0 saturated heterocycles. The van der Waals surface area contributed by atoms with Crippen molar-refractivity contribution in [2.75, 3.05) is 0 Å². The van der Waals surface area contributed by atoms with Crippen molar-refractivity contribution in [2.45, 2.75) is 25.8 Å². The molecule has 1 atom stereocenters. The van der Waals surface area contributed by atoms with Crippen molar-refractivity contribution < 1.29 is 0 Å². The number of nitrogens with one attached hydrogen (secondary N) is 2. The third kappa shape index (κ3) is 1.80. The largest absolute Gasteiger partial charge is 0.328 e. The highest BCUT2D eigenvalue weighted by Gasteiger charge is 2.10. The summed E-state index contributed by atoms with van der Waals surface area (Å²) in [7, 11) is 0. The lowest BCUT2D eigenvalue weighted by molar-refractivity contribution is 0.610. The standard InChI is InChI=1S/C12H16N2/c1-9(2)10-3-5-11(6-4-10)12-7-8-13-14-12/h3-9,12-14H,1-2H3. The van der Waals surface area contributed by atoms with Gasteiger partial charge in [0, 0.05) is 6.20 Å². The predicted molar refractivity (Wildman–Crippen MR) is 58.7 cm³/mol. The molecular formula is C12H16N2. The second kappa shape index (κ2) is 3.84. The van der Waals surface area contributed by atoms with Crippen LogP contribution in [0.5, 0.6) is 0 Å². The zero-order chi connectivity index (χ0) is 9.97. The van der Waals surface area contributed by atoms with Gasteiger partial charge >= 0.3 is 0 Å². The van der Waals surface area contributed by atoms with E-state index in [1.807, 2.05) is 6.20 Å². The van der Waals surface area contributed by atoms with Crippen LogP contribution in [0.2, 0.25) is 0 Å². The van der Waals surface area contributed by atoms with Gasteiger partial charge in [0.05, 0.1) is 6.04 Å². The Balaban J connectivity index is 2.17. The lowest BCUT2D eigenvalue weighted by atomic mass is 9.99. The van der Waals surface area contributed by atoms with Crippen LogP contribution in [0.1, 0.15) is 36.9 Å². The summed E-state index contributed by atoms with van der Waals surface area (Å²) in [5.41, 5.74) is 8.83. The minimum atomic E-state index is 0.316. The molecule has 1 aromatic carbocycles. The molecule has 0 fully saturated rings. The Bertz CT molecular complexity index is 325. The lowest BCUT2D eigenvalue weighted by Crippen LogP contribution is -2.24. The Labute approximate surface area is 85.0 Å². The second-order valence-electron chi connectivity index (χ2n) is 3.95. The topological polar surface area (TPSA) is 24.1 Å². The van der Waals surface area contributed by atoms with Crippen molar-refractivity contribution in [2.24, 2.45) is 0 Å². The van der Waals surface area contributed by atoms with Gasteiger partial charge in [-0.3, -0.25) is 0 Å². The van der Waals surface area contributed by atoms with Gasteiger partial charge in [-0.15, -0.1) is 0 Å². The van der Waals surface area contributed by atoms with Crippen molar-refractivity contribution in [1.82, 2.24) is 10.9 Å². The second-order valence-corrected chi connectivity index (χ2v) is 3.95. The van der Waals surface area contributed by atoms with E-state index in [9.17, 15) is 0 Å². The molecule has 0 aromatic heterocycles. The van der Waals surface area contributed by atoms with Crippen LogP contribution < -0.4 is 10.9 Å². The minimum Gasteiger partial charge on any atom is -0.328 e. The highest BCUT2D eigenvalue weighted by molar-refractivity contribution is 5.29. The van der Waals surface area contributed by atoms with Crippen LogP contribution >= 0.6 is 0 Å². The van der Waals surface area contributed by atoms with Crippen LogP contribution in [-0.4, -0.2) is 0 Å². The van der Waals surface area contributed by atoms with Crippen LogP contribution in [0.25, 0.3) is 0 Å². The molecule has 1 aromatic rings. The first-order valence-corrected chi connectivity index (χ1v) is 5.05. The molecule has 2 heteroatoms. The number of hydrogen-bond acceptors (Lipinski definition) is 2. The molecule has 2 N–H and O–H groups in total. The van der Waals surface area contributed by atoms with E-state index in [1.165, 1.54) is 11.1 Å².